The third-order valence-corrected chi connectivity index (χ3v) is 4.20. The van der Waals surface area contributed by atoms with E-state index in [0.717, 1.165) is 12.0 Å². The van der Waals surface area contributed by atoms with Gasteiger partial charge < -0.3 is 9.64 Å². The molecule has 1 unspecified atom stereocenters. The monoisotopic (exact) mass is 311 g/mol. The number of ether oxygens (including phenoxy) is 1. The van der Waals surface area contributed by atoms with E-state index in [-0.39, 0.29) is 24.1 Å². The number of hydrogen-bond acceptors (Lipinski definition) is 4. The topological polar surface area (TPSA) is 46.6 Å². The van der Waals surface area contributed by atoms with Gasteiger partial charge in [0.1, 0.15) is 11.9 Å². The maximum Gasteiger partial charge on any atom is 0.329 e. The molecule has 0 aliphatic carbocycles. The van der Waals surface area contributed by atoms with Crippen LogP contribution in [-0.4, -0.2) is 41.1 Å². The Hall–Kier alpha value is -1.56. The molecule has 6 heteroatoms. The highest BCUT2D eigenvalue weighted by atomic mass is 32.2. The summed E-state index contributed by atoms with van der Waals surface area (Å²) < 4.78 is 18.0. The van der Waals surface area contributed by atoms with Gasteiger partial charge in [0.25, 0.3) is 0 Å². The molecule has 0 bridgehead atoms. The summed E-state index contributed by atoms with van der Waals surface area (Å²) >= 11 is 1.54. The number of benzene rings is 1. The summed E-state index contributed by atoms with van der Waals surface area (Å²) in [6.07, 6.45) is 0.924. The van der Waals surface area contributed by atoms with E-state index in [4.69, 9.17) is 4.74 Å². The normalized spacial score (nSPS) is 17.8. The number of rotatable bonds is 5. The first-order chi connectivity index (χ1) is 10.1. The summed E-state index contributed by atoms with van der Waals surface area (Å²) in [4.78, 5) is 25.8. The van der Waals surface area contributed by atoms with Crippen LogP contribution in [0.1, 0.15) is 18.9 Å². The van der Waals surface area contributed by atoms with Gasteiger partial charge in [-0.05, 0) is 24.1 Å². The minimum Gasteiger partial charge on any atom is -0.464 e. The minimum atomic E-state index is -0.505. The number of amides is 1. The minimum absolute atomic E-state index is 0.134. The highest BCUT2D eigenvalue weighted by Gasteiger charge is 2.35. The van der Waals surface area contributed by atoms with Crippen LogP contribution in [-0.2, 0) is 20.7 Å². The van der Waals surface area contributed by atoms with Crippen LogP contribution in [0.5, 0.6) is 0 Å². The molecule has 114 valence electrons. The fourth-order valence-electron chi connectivity index (χ4n) is 2.06. The number of nitrogens with zero attached hydrogens (tertiary/aromatic N) is 1. The summed E-state index contributed by atoms with van der Waals surface area (Å²) in [5.74, 6) is 0.257. The Bertz CT molecular complexity index is 506. The number of thioether (sulfide) groups is 1. The maximum atomic E-state index is 12.9. The molecule has 1 aliphatic rings. The van der Waals surface area contributed by atoms with Gasteiger partial charge in [-0.1, -0.05) is 19.1 Å². The van der Waals surface area contributed by atoms with E-state index in [9.17, 15) is 14.0 Å². The van der Waals surface area contributed by atoms with Gasteiger partial charge in [0, 0.05) is 5.75 Å². The zero-order valence-electron chi connectivity index (χ0n) is 11.9. The molecular formula is C15H18FNO3S. The van der Waals surface area contributed by atoms with Crippen LogP contribution in [0.4, 0.5) is 4.39 Å². The Morgan fingerprint density at radius 3 is 2.76 bits per heavy atom. The van der Waals surface area contributed by atoms with Gasteiger partial charge in [-0.2, -0.15) is 0 Å². The Labute approximate surface area is 127 Å². The summed E-state index contributed by atoms with van der Waals surface area (Å²) in [5.41, 5.74) is 0.735. The first kappa shape index (κ1) is 15.8. The van der Waals surface area contributed by atoms with Gasteiger partial charge in [0.15, 0.2) is 0 Å². The summed E-state index contributed by atoms with van der Waals surface area (Å²) in [7, 11) is 0. The van der Waals surface area contributed by atoms with Gasteiger partial charge in [-0.25, -0.2) is 9.18 Å². The molecule has 21 heavy (non-hydrogen) atoms. The van der Waals surface area contributed by atoms with Crippen molar-refractivity contribution in [2.75, 3.05) is 18.2 Å². The van der Waals surface area contributed by atoms with E-state index in [1.807, 2.05) is 6.92 Å². The van der Waals surface area contributed by atoms with Crippen LogP contribution >= 0.6 is 11.8 Å². The van der Waals surface area contributed by atoms with Crippen LogP contribution < -0.4 is 0 Å². The Kier molecular flexibility index (Phi) is 5.61. The fourth-order valence-corrected chi connectivity index (χ4v) is 3.23. The lowest BCUT2D eigenvalue weighted by atomic mass is 10.1. The number of carbonyl (C=O) groups is 2. The molecule has 0 aromatic heterocycles. The van der Waals surface area contributed by atoms with Gasteiger partial charge in [0.2, 0.25) is 5.91 Å². The van der Waals surface area contributed by atoms with Crippen LogP contribution in [0.25, 0.3) is 0 Å². The zero-order chi connectivity index (χ0) is 15.2. The highest BCUT2D eigenvalue weighted by Crippen LogP contribution is 2.23. The quantitative estimate of drug-likeness (QED) is 0.782. The third-order valence-electron chi connectivity index (χ3n) is 3.19. The molecule has 0 N–H and O–H groups in total. The zero-order valence-corrected chi connectivity index (χ0v) is 12.7. The lowest BCUT2D eigenvalue weighted by Gasteiger charge is -2.22. The second-order valence-electron chi connectivity index (χ2n) is 4.85. The molecular weight excluding hydrogens is 293 g/mol. The van der Waals surface area contributed by atoms with E-state index < -0.39 is 6.04 Å². The van der Waals surface area contributed by atoms with Gasteiger partial charge >= 0.3 is 5.97 Å². The number of halogens is 1. The van der Waals surface area contributed by atoms with Crippen LogP contribution in [0.2, 0.25) is 0 Å². The van der Waals surface area contributed by atoms with E-state index in [2.05, 4.69) is 0 Å². The highest BCUT2D eigenvalue weighted by molar-refractivity contribution is 7.99. The molecule has 0 radical (unpaired) electrons. The van der Waals surface area contributed by atoms with E-state index in [1.54, 1.807) is 17.0 Å². The molecule has 1 aliphatic heterocycles. The Morgan fingerprint density at radius 2 is 2.10 bits per heavy atom. The Balaban J connectivity index is 1.97. The SMILES string of the molecule is CCCOC(=O)C1CSCN1C(=O)Cc1ccc(F)cc1. The molecule has 0 saturated carbocycles. The molecule has 1 aromatic carbocycles. The largest absolute Gasteiger partial charge is 0.464 e. The molecule has 1 saturated heterocycles. The smallest absolute Gasteiger partial charge is 0.329 e. The summed E-state index contributed by atoms with van der Waals surface area (Å²) in [6, 6.07) is 5.32. The fraction of sp³-hybridized carbons (Fsp3) is 0.467. The molecule has 1 aromatic rings. The molecule has 0 spiro atoms. The van der Waals surface area contributed by atoms with Crippen molar-refractivity contribution in [1.82, 2.24) is 4.90 Å². The van der Waals surface area contributed by atoms with E-state index in [1.165, 1.54) is 23.9 Å². The second kappa shape index (κ2) is 7.45. The van der Waals surface area contributed by atoms with Crippen molar-refractivity contribution in [3.8, 4) is 0 Å². The first-order valence-corrected chi connectivity index (χ1v) is 8.05. The van der Waals surface area contributed by atoms with Crippen molar-refractivity contribution < 1.29 is 18.7 Å². The van der Waals surface area contributed by atoms with Crippen molar-refractivity contribution in [3.05, 3.63) is 35.6 Å². The van der Waals surface area contributed by atoms with Crippen molar-refractivity contribution in [2.45, 2.75) is 25.8 Å². The number of carbonyl (C=O) groups excluding carboxylic acids is 2. The first-order valence-electron chi connectivity index (χ1n) is 6.90. The lowest BCUT2D eigenvalue weighted by Crippen LogP contribution is -2.43. The van der Waals surface area contributed by atoms with Crippen molar-refractivity contribution in [2.24, 2.45) is 0 Å². The maximum absolute atomic E-state index is 12.9. The summed E-state index contributed by atoms with van der Waals surface area (Å²) in [6.45, 7) is 2.30. The van der Waals surface area contributed by atoms with Crippen molar-refractivity contribution in [1.29, 1.82) is 0 Å². The van der Waals surface area contributed by atoms with E-state index in [0.29, 0.717) is 18.2 Å². The van der Waals surface area contributed by atoms with Crippen LogP contribution in [0, 0.1) is 5.82 Å². The average molecular weight is 311 g/mol. The molecule has 4 nitrogen and oxygen atoms in total. The van der Waals surface area contributed by atoms with Crippen molar-refractivity contribution >= 4 is 23.6 Å². The van der Waals surface area contributed by atoms with Gasteiger partial charge in [-0.15, -0.1) is 11.8 Å². The Morgan fingerprint density at radius 1 is 1.38 bits per heavy atom. The van der Waals surface area contributed by atoms with Gasteiger partial charge in [-0.3, -0.25) is 4.79 Å². The van der Waals surface area contributed by atoms with Crippen LogP contribution in [0.3, 0.4) is 0 Å². The van der Waals surface area contributed by atoms with Crippen molar-refractivity contribution in [3.63, 3.8) is 0 Å². The number of hydrogen-bond donors (Lipinski definition) is 0. The summed E-state index contributed by atoms with van der Waals surface area (Å²) in [5, 5.41) is 0. The predicted molar refractivity (Wildman–Crippen MR) is 79.3 cm³/mol. The molecule has 2 rings (SSSR count). The van der Waals surface area contributed by atoms with E-state index >= 15 is 0 Å². The second-order valence-corrected chi connectivity index (χ2v) is 5.85. The molecule has 1 heterocycles. The van der Waals surface area contributed by atoms with Crippen LogP contribution in [0.15, 0.2) is 24.3 Å². The van der Waals surface area contributed by atoms with Gasteiger partial charge in [0.05, 0.1) is 18.9 Å². The predicted octanol–water partition coefficient (Wildman–Crippen LogP) is 2.22. The number of esters is 1. The molecule has 1 fully saturated rings. The lowest BCUT2D eigenvalue weighted by molar-refractivity contribution is -0.152. The molecule has 1 amide bonds. The average Bonchev–Trinajstić information content (AvgIpc) is 2.96. The molecule has 1 atom stereocenters. The standard InChI is InChI=1S/C15H18FNO3S/c1-2-7-20-15(19)13-9-21-10-17(13)14(18)8-11-3-5-12(16)6-4-11/h3-6,13H,2,7-10H2,1H3. The third kappa shape index (κ3) is 4.20.